The number of esters is 1. The van der Waals surface area contributed by atoms with Gasteiger partial charge in [-0.1, -0.05) is 64.7 Å². The smallest absolute Gasteiger partial charge is 0.408 e. The normalized spacial score (nSPS) is 12.8. The molecule has 0 bridgehead atoms. The molecule has 0 aliphatic carbocycles. The number of unbranched alkanes of at least 4 members (excludes halogenated alkanes) is 4. The van der Waals surface area contributed by atoms with E-state index in [9.17, 15) is 19.2 Å². The molecule has 1 rings (SSSR count). The number of nitrogens with one attached hydrogen (secondary N) is 2. The van der Waals surface area contributed by atoms with Crippen LogP contribution in [0.4, 0.5) is 4.79 Å². The maximum Gasteiger partial charge on any atom is 0.408 e. The number of benzene rings is 1. The summed E-state index contributed by atoms with van der Waals surface area (Å²) in [4.78, 5) is 54.0. The van der Waals surface area contributed by atoms with Gasteiger partial charge in [0.1, 0.15) is 24.2 Å². The Labute approximate surface area is 240 Å². The number of carbonyl (C=O) groups is 4. The molecule has 0 saturated carbocycles. The number of hydrogen-bond donors (Lipinski definition) is 2. The number of aryl methyl sites for hydroxylation is 2. The van der Waals surface area contributed by atoms with E-state index >= 15 is 0 Å². The summed E-state index contributed by atoms with van der Waals surface area (Å²) in [7, 11) is 1.25. The number of methoxy groups -OCH3 is 1. The summed E-state index contributed by atoms with van der Waals surface area (Å²) in [5, 5.41) is 5.41. The number of nitrogens with zero attached hydrogens (tertiary/aromatic N) is 1. The highest BCUT2D eigenvalue weighted by atomic mass is 16.6. The Balaban J connectivity index is 3.53. The Hall–Kier alpha value is -3.10. The number of amides is 3. The van der Waals surface area contributed by atoms with Crippen molar-refractivity contribution in [2.75, 3.05) is 20.2 Å². The molecule has 2 unspecified atom stereocenters. The van der Waals surface area contributed by atoms with Crippen LogP contribution in [0.3, 0.4) is 0 Å². The lowest BCUT2D eigenvalue weighted by atomic mass is 9.96. The van der Waals surface area contributed by atoms with Crippen LogP contribution in [0, 0.1) is 19.8 Å². The molecule has 1 aromatic rings. The molecule has 2 atom stereocenters. The van der Waals surface area contributed by atoms with Gasteiger partial charge in [-0.2, -0.15) is 0 Å². The molecule has 0 aliphatic heterocycles. The van der Waals surface area contributed by atoms with E-state index in [-0.39, 0.29) is 18.4 Å². The van der Waals surface area contributed by atoms with E-state index in [0.29, 0.717) is 24.9 Å². The van der Waals surface area contributed by atoms with Gasteiger partial charge in [0, 0.05) is 6.54 Å². The van der Waals surface area contributed by atoms with Crippen LogP contribution in [0.2, 0.25) is 0 Å². The maximum absolute atomic E-state index is 14.2. The predicted molar refractivity (Wildman–Crippen MR) is 157 cm³/mol. The molecule has 9 nitrogen and oxygen atoms in total. The number of ether oxygens (including phenoxy) is 2. The van der Waals surface area contributed by atoms with Crippen LogP contribution in [0.1, 0.15) is 103 Å². The SMILES string of the molecule is CCCCCCCN(C(=O)C(CC(C)C)NC(=O)OC(C)(C)C)C(C(=O)NCC(=O)OC)c1ccc(C)c(C)c1. The van der Waals surface area contributed by atoms with Crippen LogP contribution in [0.5, 0.6) is 0 Å². The van der Waals surface area contributed by atoms with E-state index in [0.717, 1.165) is 36.8 Å². The van der Waals surface area contributed by atoms with Gasteiger partial charge < -0.3 is 25.0 Å². The zero-order valence-corrected chi connectivity index (χ0v) is 26.0. The van der Waals surface area contributed by atoms with Crippen LogP contribution >= 0.6 is 0 Å². The quantitative estimate of drug-likeness (QED) is 0.220. The topological polar surface area (TPSA) is 114 Å². The number of alkyl carbamates (subject to hydrolysis) is 1. The Morgan fingerprint density at radius 2 is 1.62 bits per heavy atom. The molecule has 3 amide bonds. The van der Waals surface area contributed by atoms with Crippen molar-refractivity contribution in [3.05, 3.63) is 34.9 Å². The minimum Gasteiger partial charge on any atom is -0.468 e. The summed E-state index contributed by atoms with van der Waals surface area (Å²) in [6, 6.07) is 3.75. The highest BCUT2D eigenvalue weighted by molar-refractivity contribution is 5.93. The number of carbonyl (C=O) groups excluding carboxylic acids is 4. The molecule has 0 heterocycles. The van der Waals surface area contributed by atoms with Crippen molar-refractivity contribution in [1.82, 2.24) is 15.5 Å². The molecule has 0 aromatic heterocycles. The summed E-state index contributed by atoms with van der Waals surface area (Å²) in [5.41, 5.74) is 1.93. The van der Waals surface area contributed by atoms with Crippen molar-refractivity contribution in [1.29, 1.82) is 0 Å². The summed E-state index contributed by atoms with van der Waals surface area (Å²) in [6.07, 6.45) is 4.46. The molecular weight excluding hydrogens is 510 g/mol. The molecular formula is C31H51N3O6. The molecule has 0 spiro atoms. The maximum atomic E-state index is 14.2. The summed E-state index contributed by atoms with van der Waals surface area (Å²) in [6.45, 7) is 15.3. The largest absolute Gasteiger partial charge is 0.468 e. The first kappa shape index (κ1) is 34.9. The lowest BCUT2D eigenvalue weighted by Crippen LogP contribution is -2.54. The number of hydrogen-bond acceptors (Lipinski definition) is 6. The molecule has 40 heavy (non-hydrogen) atoms. The zero-order chi connectivity index (χ0) is 30.5. The van der Waals surface area contributed by atoms with E-state index in [1.165, 1.54) is 7.11 Å². The monoisotopic (exact) mass is 561 g/mol. The van der Waals surface area contributed by atoms with Crippen LogP contribution in [-0.4, -0.2) is 60.6 Å². The Morgan fingerprint density at radius 1 is 0.975 bits per heavy atom. The second-order valence-corrected chi connectivity index (χ2v) is 11.8. The van der Waals surface area contributed by atoms with Crippen LogP contribution < -0.4 is 10.6 Å². The third-order valence-electron chi connectivity index (χ3n) is 6.52. The molecule has 0 aliphatic rings. The van der Waals surface area contributed by atoms with Gasteiger partial charge in [-0.05, 0) is 70.1 Å². The molecule has 9 heteroatoms. The fraction of sp³-hybridized carbons (Fsp3) is 0.677. The van der Waals surface area contributed by atoms with E-state index < -0.39 is 35.7 Å². The van der Waals surface area contributed by atoms with Gasteiger partial charge >= 0.3 is 12.1 Å². The van der Waals surface area contributed by atoms with Gasteiger partial charge in [0.25, 0.3) is 0 Å². The van der Waals surface area contributed by atoms with Crippen molar-refractivity contribution in [3.8, 4) is 0 Å². The molecule has 0 radical (unpaired) electrons. The standard InChI is InChI=1S/C31H51N3O6/c1-10-11-12-13-14-17-34(29(37)25(18-21(2)3)33-30(38)40-31(6,7)8)27(28(36)32-20-26(35)39-9)24-16-15-22(4)23(5)19-24/h15-16,19,21,25,27H,10-14,17-18,20H2,1-9H3,(H,32,36)(H,33,38). The zero-order valence-electron chi connectivity index (χ0n) is 26.0. The van der Waals surface area contributed by atoms with Crippen LogP contribution in [0.15, 0.2) is 18.2 Å². The van der Waals surface area contributed by atoms with Crippen molar-refractivity contribution in [2.24, 2.45) is 5.92 Å². The fourth-order valence-electron chi connectivity index (χ4n) is 4.33. The van der Waals surface area contributed by atoms with Gasteiger partial charge in [0.2, 0.25) is 11.8 Å². The van der Waals surface area contributed by atoms with E-state index in [2.05, 4.69) is 17.6 Å². The highest BCUT2D eigenvalue weighted by Crippen LogP contribution is 2.26. The van der Waals surface area contributed by atoms with E-state index in [1.54, 1.807) is 25.7 Å². The molecule has 226 valence electrons. The van der Waals surface area contributed by atoms with Gasteiger partial charge in [0.15, 0.2) is 0 Å². The van der Waals surface area contributed by atoms with Crippen LogP contribution in [-0.2, 0) is 23.9 Å². The van der Waals surface area contributed by atoms with Gasteiger partial charge in [-0.15, -0.1) is 0 Å². The second kappa shape index (κ2) is 16.9. The molecule has 0 fully saturated rings. The summed E-state index contributed by atoms with van der Waals surface area (Å²) in [5.74, 6) is -1.36. The van der Waals surface area contributed by atoms with Gasteiger partial charge in [0.05, 0.1) is 7.11 Å². The van der Waals surface area contributed by atoms with Crippen molar-refractivity contribution < 1.29 is 28.7 Å². The lowest BCUT2D eigenvalue weighted by molar-refractivity contribution is -0.145. The third kappa shape index (κ3) is 12.4. The first-order valence-corrected chi connectivity index (χ1v) is 14.4. The van der Waals surface area contributed by atoms with Crippen LogP contribution in [0.25, 0.3) is 0 Å². The Bertz CT molecular complexity index is 986. The summed E-state index contributed by atoms with van der Waals surface area (Å²) >= 11 is 0. The lowest BCUT2D eigenvalue weighted by Gasteiger charge is -2.35. The number of rotatable bonds is 15. The fourth-order valence-corrected chi connectivity index (χ4v) is 4.33. The van der Waals surface area contributed by atoms with Gasteiger partial charge in [-0.25, -0.2) is 4.79 Å². The van der Waals surface area contributed by atoms with Crippen molar-refractivity contribution in [2.45, 2.75) is 112 Å². The minimum atomic E-state index is -1.00. The molecule has 2 N–H and O–H groups in total. The summed E-state index contributed by atoms with van der Waals surface area (Å²) < 4.78 is 10.2. The van der Waals surface area contributed by atoms with E-state index in [1.807, 2.05) is 45.9 Å². The molecule has 1 aromatic carbocycles. The Kier molecular flexibility index (Phi) is 14.7. The average Bonchev–Trinajstić information content (AvgIpc) is 2.86. The second-order valence-electron chi connectivity index (χ2n) is 11.8. The predicted octanol–water partition coefficient (Wildman–Crippen LogP) is 5.37. The first-order valence-electron chi connectivity index (χ1n) is 14.4. The highest BCUT2D eigenvalue weighted by Gasteiger charge is 2.36. The first-order chi connectivity index (χ1) is 18.7. The minimum absolute atomic E-state index is 0.0866. The molecule has 0 saturated heterocycles. The van der Waals surface area contributed by atoms with E-state index in [4.69, 9.17) is 9.47 Å². The average molecular weight is 562 g/mol. The van der Waals surface area contributed by atoms with Crippen molar-refractivity contribution >= 4 is 23.9 Å². The Morgan fingerprint density at radius 3 is 2.17 bits per heavy atom. The third-order valence-corrected chi connectivity index (χ3v) is 6.52. The van der Waals surface area contributed by atoms with Crippen molar-refractivity contribution in [3.63, 3.8) is 0 Å². The van der Waals surface area contributed by atoms with Gasteiger partial charge in [-0.3, -0.25) is 14.4 Å².